The fourth-order valence-electron chi connectivity index (χ4n) is 4.79. The van der Waals surface area contributed by atoms with Crippen LogP contribution in [0.1, 0.15) is 56.4 Å². The predicted octanol–water partition coefficient (Wildman–Crippen LogP) is 4.98. The van der Waals surface area contributed by atoms with E-state index >= 15 is 0 Å². The van der Waals surface area contributed by atoms with E-state index in [1.54, 1.807) is 7.11 Å². The van der Waals surface area contributed by atoms with E-state index in [2.05, 4.69) is 30.3 Å². The second-order valence-electron chi connectivity index (χ2n) is 7.53. The number of benzene rings is 1. The largest absolute Gasteiger partial charge is 0.493 e. The van der Waals surface area contributed by atoms with Crippen molar-refractivity contribution < 1.29 is 9.47 Å². The Kier molecular flexibility index (Phi) is 4.22. The summed E-state index contributed by atoms with van der Waals surface area (Å²) < 4.78 is 11.8. The topological polar surface area (TPSA) is 42.2 Å². The summed E-state index contributed by atoms with van der Waals surface area (Å²) in [4.78, 5) is 0. The lowest BCUT2D eigenvalue weighted by molar-refractivity contribution is 0.200. The van der Waals surface area contributed by atoms with Gasteiger partial charge in [-0.3, -0.25) is 0 Å². The van der Waals surface area contributed by atoms with Gasteiger partial charge in [-0.2, -0.15) is 5.26 Å². The van der Waals surface area contributed by atoms with Crippen molar-refractivity contribution in [3.63, 3.8) is 0 Å². The first-order valence-electron chi connectivity index (χ1n) is 9.22. The molecule has 0 saturated heterocycles. The molecule has 3 aliphatic rings. The molecule has 0 heterocycles. The summed E-state index contributed by atoms with van der Waals surface area (Å²) in [6.07, 6.45) is 10.7. The zero-order chi connectivity index (χ0) is 16.5. The number of fused-ring (bicyclic) bond motifs is 1. The molecule has 126 valence electrons. The van der Waals surface area contributed by atoms with Crippen LogP contribution in [0.15, 0.2) is 29.8 Å². The molecule has 0 unspecified atom stereocenters. The molecule has 3 atom stereocenters. The van der Waals surface area contributed by atoms with Crippen molar-refractivity contribution in [2.24, 2.45) is 11.8 Å². The predicted molar refractivity (Wildman–Crippen MR) is 93.1 cm³/mol. The number of ether oxygens (including phenoxy) is 2. The van der Waals surface area contributed by atoms with Gasteiger partial charge in [-0.05, 0) is 80.4 Å². The minimum Gasteiger partial charge on any atom is -0.493 e. The normalized spacial score (nSPS) is 29.2. The zero-order valence-corrected chi connectivity index (χ0v) is 14.3. The number of allylic oxidation sites excluding steroid dienone is 2. The zero-order valence-electron chi connectivity index (χ0n) is 14.3. The summed E-state index contributed by atoms with van der Waals surface area (Å²) in [5, 5.41) is 9.09. The highest BCUT2D eigenvalue weighted by molar-refractivity contribution is 5.45. The minimum atomic E-state index is 0.346. The third kappa shape index (κ3) is 2.90. The van der Waals surface area contributed by atoms with Crippen LogP contribution < -0.4 is 9.47 Å². The number of hydrogen-bond donors (Lipinski definition) is 0. The second-order valence-corrected chi connectivity index (χ2v) is 7.53. The lowest BCUT2D eigenvalue weighted by atomic mass is 9.94. The molecule has 0 aromatic heterocycles. The molecule has 3 nitrogen and oxygen atoms in total. The molecule has 0 aliphatic heterocycles. The van der Waals surface area contributed by atoms with E-state index in [9.17, 15) is 0 Å². The first-order valence-corrected chi connectivity index (χ1v) is 9.22. The van der Waals surface area contributed by atoms with Crippen LogP contribution >= 0.6 is 0 Å². The number of hydrogen-bond acceptors (Lipinski definition) is 3. The van der Waals surface area contributed by atoms with E-state index in [-0.39, 0.29) is 0 Å². The average Bonchev–Trinajstić information content (AvgIpc) is 3.30. The SMILES string of the molecule is COc1ccc([C@H]2C[C@H]3CC(C#N)=C[C@H]3C2)cc1OC1CCCC1. The second kappa shape index (κ2) is 6.51. The van der Waals surface area contributed by atoms with Crippen LogP contribution in [0.5, 0.6) is 11.5 Å². The van der Waals surface area contributed by atoms with Crippen LogP contribution in [0, 0.1) is 23.2 Å². The van der Waals surface area contributed by atoms with Crippen LogP contribution in [0.25, 0.3) is 0 Å². The molecule has 0 N–H and O–H groups in total. The molecule has 3 heteroatoms. The van der Waals surface area contributed by atoms with E-state index < -0.39 is 0 Å². The maximum atomic E-state index is 9.09. The number of rotatable bonds is 4. The fraction of sp³-hybridized carbons (Fsp3) is 0.571. The Morgan fingerprint density at radius 1 is 1.12 bits per heavy atom. The molecule has 0 bridgehead atoms. The Morgan fingerprint density at radius 3 is 2.67 bits per heavy atom. The highest BCUT2D eigenvalue weighted by Gasteiger charge is 2.38. The quantitative estimate of drug-likeness (QED) is 0.784. The Bertz CT molecular complexity index is 682. The minimum absolute atomic E-state index is 0.346. The summed E-state index contributed by atoms with van der Waals surface area (Å²) in [5.74, 6) is 3.58. The highest BCUT2D eigenvalue weighted by atomic mass is 16.5. The van der Waals surface area contributed by atoms with Gasteiger partial charge in [0.2, 0.25) is 0 Å². The van der Waals surface area contributed by atoms with E-state index in [4.69, 9.17) is 14.7 Å². The van der Waals surface area contributed by atoms with E-state index in [1.165, 1.54) is 24.8 Å². The maximum absolute atomic E-state index is 9.09. The van der Waals surface area contributed by atoms with E-state index in [0.29, 0.717) is 23.9 Å². The Hall–Kier alpha value is -1.95. The van der Waals surface area contributed by atoms with Crippen LogP contribution in [-0.2, 0) is 0 Å². The molecule has 0 spiro atoms. The number of methoxy groups -OCH3 is 1. The summed E-state index contributed by atoms with van der Waals surface area (Å²) in [7, 11) is 1.71. The van der Waals surface area contributed by atoms with Crippen LogP contribution in [0.4, 0.5) is 0 Å². The van der Waals surface area contributed by atoms with Crippen molar-refractivity contribution in [3.8, 4) is 17.6 Å². The highest BCUT2D eigenvalue weighted by Crippen LogP contribution is 2.50. The van der Waals surface area contributed by atoms with Crippen molar-refractivity contribution in [1.82, 2.24) is 0 Å². The smallest absolute Gasteiger partial charge is 0.161 e. The standard InChI is InChI=1S/C21H25NO2/c1-23-20-7-6-15(12-21(20)24-19-4-2-3-5-19)18-10-16-8-14(13-22)9-17(16)11-18/h6-8,12,16-19H,2-5,9-11H2,1H3/t16-,17+,18+/m0/s1. The van der Waals surface area contributed by atoms with Gasteiger partial charge in [0, 0.05) is 5.57 Å². The molecule has 0 amide bonds. The molecule has 1 aromatic carbocycles. The van der Waals surface area contributed by atoms with Gasteiger partial charge in [-0.15, -0.1) is 0 Å². The van der Waals surface area contributed by atoms with Crippen LogP contribution in [-0.4, -0.2) is 13.2 Å². The lowest BCUT2D eigenvalue weighted by Gasteiger charge is -2.19. The van der Waals surface area contributed by atoms with Gasteiger partial charge in [-0.25, -0.2) is 0 Å². The van der Waals surface area contributed by atoms with Crippen molar-refractivity contribution in [1.29, 1.82) is 5.26 Å². The molecule has 4 rings (SSSR count). The maximum Gasteiger partial charge on any atom is 0.161 e. The van der Waals surface area contributed by atoms with Crippen LogP contribution in [0.2, 0.25) is 0 Å². The third-order valence-corrected chi connectivity index (χ3v) is 6.05. The monoisotopic (exact) mass is 323 g/mol. The Morgan fingerprint density at radius 2 is 1.96 bits per heavy atom. The van der Waals surface area contributed by atoms with Crippen molar-refractivity contribution >= 4 is 0 Å². The molecular formula is C21H25NO2. The van der Waals surface area contributed by atoms with Gasteiger partial charge in [-0.1, -0.05) is 12.1 Å². The van der Waals surface area contributed by atoms with Crippen molar-refractivity contribution in [2.75, 3.05) is 7.11 Å². The molecule has 24 heavy (non-hydrogen) atoms. The van der Waals surface area contributed by atoms with Gasteiger partial charge in [0.05, 0.1) is 19.3 Å². The first-order chi connectivity index (χ1) is 11.8. The number of nitriles is 1. The van der Waals surface area contributed by atoms with Gasteiger partial charge < -0.3 is 9.47 Å². The van der Waals surface area contributed by atoms with Crippen molar-refractivity contribution in [3.05, 3.63) is 35.4 Å². The molecule has 2 fully saturated rings. The first kappa shape index (κ1) is 15.6. The van der Waals surface area contributed by atoms with Crippen LogP contribution in [0.3, 0.4) is 0 Å². The van der Waals surface area contributed by atoms with Gasteiger partial charge in [0.25, 0.3) is 0 Å². The van der Waals surface area contributed by atoms with Gasteiger partial charge in [0.1, 0.15) is 0 Å². The third-order valence-electron chi connectivity index (χ3n) is 6.05. The molecule has 2 saturated carbocycles. The fourth-order valence-corrected chi connectivity index (χ4v) is 4.79. The van der Waals surface area contributed by atoms with E-state index in [0.717, 1.165) is 42.8 Å². The summed E-state index contributed by atoms with van der Waals surface area (Å²) in [6, 6.07) is 8.80. The Balaban J connectivity index is 1.52. The number of nitrogens with zero attached hydrogens (tertiary/aromatic N) is 1. The van der Waals surface area contributed by atoms with Crippen molar-refractivity contribution in [2.45, 2.75) is 57.0 Å². The summed E-state index contributed by atoms with van der Waals surface area (Å²) in [5.41, 5.74) is 2.36. The molecule has 3 aliphatic carbocycles. The average molecular weight is 323 g/mol. The molecule has 1 aromatic rings. The summed E-state index contributed by atoms with van der Waals surface area (Å²) >= 11 is 0. The van der Waals surface area contributed by atoms with Gasteiger partial charge >= 0.3 is 0 Å². The molecular weight excluding hydrogens is 298 g/mol. The summed E-state index contributed by atoms with van der Waals surface area (Å²) in [6.45, 7) is 0. The Labute approximate surface area is 144 Å². The van der Waals surface area contributed by atoms with E-state index in [1.807, 2.05) is 0 Å². The molecule has 0 radical (unpaired) electrons. The van der Waals surface area contributed by atoms with Gasteiger partial charge in [0.15, 0.2) is 11.5 Å². The lowest BCUT2D eigenvalue weighted by Crippen LogP contribution is -2.12.